The van der Waals surface area contributed by atoms with Crippen molar-refractivity contribution < 1.29 is 14.3 Å². The van der Waals surface area contributed by atoms with Gasteiger partial charge in [0.05, 0.1) is 20.3 Å². The number of methoxy groups -OCH3 is 2. The second kappa shape index (κ2) is 10.0. The summed E-state index contributed by atoms with van der Waals surface area (Å²) >= 11 is 0. The van der Waals surface area contributed by atoms with Gasteiger partial charge in [-0.15, -0.1) is 0 Å². The molecule has 0 aliphatic carbocycles. The van der Waals surface area contributed by atoms with Crippen LogP contribution < -0.4 is 14.8 Å². The molecule has 1 amide bonds. The normalized spacial score (nSPS) is 11.8. The zero-order chi connectivity index (χ0) is 23.2. The molecule has 0 aliphatic rings. The molecular formula is C27H27N3O3. The van der Waals surface area contributed by atoms with Crippen molar-refractivity contribution in [3.05, 3.63) is 113 Å². The number of hydrogen-bond acceptors (Lipinski definition) is 4. The number of carbonyl (C=O) groups is 1. The Morgan fingerprint density at radius 3 is 2.12 bits per heavy atom. The summed E-state index contributed by atoms with van der Waals surface area (Å²) in [7, 11) is 3.33. The number of hydrogen-bond donors (Lipinski definition) is 2. The molecule has 168 valence electrons. The van der Waals surface area contributed by atoms with Crippen molar-refractivity contribution in [1.29, 1.82) is 0 Å². The smallest absolute Gasteiger partial charge is 0.251 e. The highest BCUT2D eigenvalue weighted by molar-refractivity contribution is 5.94. The van der Waals surface area contributed by atoms with E-state index in [4.69, 9.17) is 9.47 Å². The molecule has 0 bridgehead atoms. The van der Waals surface area contributed by atoms with Gasteiger partial charge in [0.25, 0.3) is 5.91 Å². The van der Waals surface area contributed by atoms with E-state index in [1.54, 1.807) is 26.6 Å². The monoisotopic (exact) mass is 441 g/mol. The first-order valence-electron chi connectivity index (χ1n) is 10.8. The number of aromatic nitrogens is 2. The number of benzene rings is 3. The first-order valence-corrected chi connectivity index (χ1v) is 10.8. The lowest BCUT2D eigenvalue weighted by atomic mass is 9.83. The highest BCUT2D eigenvalue weighted by Gasteiger charge is 2.24. The number of para-hydroxylation sites is 2. The quantitative estimate of drug-likeness (QED) is 0.373. The van der Waals surface area contributed by atoms with Gasteiger partial charge in [-0.05, 0) is 36.8 Å². The van der Waals surface area contributed by atoms with E-state index >= 15 is 0 Å². The second-order valence-electron chi connectivity index (χ2n) is 7.71. The van der Waals surface area contributed by atoms with Crippen LogP contribution in [0.2, 0.25) is 0 Å². The van der Waals surface area contributed by atoms with E-state index in [9.17, 15) is 4.79 Å². The topological polar surface area (TPSA) is 76.2 Å². The Bertz CT molecular complexity index is 1170. The van der Waals surface area contributed by atoms with Crippen molar-refractivity contribution in [3.8, 4) is 11.5 Å². The largest absolute Gasteiger partial charge is 0.496 e. The van der Waals surface area contributed by atoms with E-state index in [1.807, 2.05) is 79.7 Å². The molecule has 0 saturated heterocycles. The zero-order valence-corrected chi connectivity index (χ0v) is 18.9. The molecule has 4 rings (SSSR count). The second-order valence-corrected chi connectivity index (χ2v) is 7.71. The molecule has 1 heterocycles. The van der Waals surface area contributed by atoms with Crippen molar-refractivity contribution in [1.82, 2.24) is 15.3 Å². The van der Waals surface area contributed by atoms with Gasteiger partial charge in [0, 0.05) is 35.0 Å². The number of aromatic amines is 1. The highest BCUT2D eigenvalue weighted by Crippen LogP contribution is 2.41. The molecule has 0 aliphatic heterocycles. The number of H-pyrrole nitrogens is 1. The Kier molecular flexibility index (Phi) is 6.74. The molecule has 0 saturated carbocycles. The van der Waals surface area contributed by atoms with Crippen LogP contribution >= 0.6 is 0 Å². The van der Waals surface area contributed by atoms with Gasteiger partial charge in [-0.3, -0.25) is 4.79 Å². The molecule has 6 nitrogen and oxygen atoms in total. The third-order valence-electron chi connectivity index (χ3n) is 5.66. The molecule has 3 aromatic carbocycles. The van der Waals surface area contributed by atoms with E-state index in [0.29, 0.717) is 11.4 Å². The van der Waals surface area contributed by atoms with Crippen molar-refractivity contribution in [2.45, 2.75) is 18.9 Å². The molecule has 1 unspecified atom stereocenters. The third-order valence-corrected chi connectivity index (χ3v) is 5.66. The van der Waals surface area contributed by atoms with Crippen LogP contribution in [-0.2, 0) is 0 Å². The lowest BCUT2D eigenvalue weighted by Gasteiger charge is -2.23. The lowest BCUT2D eigenvalue weighted by Crippen LogP contribution is -2.27. The number of rotatable bonds is 8. The van der Waals surface area contributed by atoms with Gasteiger partial charge in [0.15, 0.2) is 0 Å². The summed E-state index contributed by atoms with van der Waals surface area (Å²) in [5, 5.41) is 3.01. The SMILES string of the molecule is COc1ccccc1C(c1cccc(C(=O)NC(C)c2ncc[nH]2)c1)c1ccccc1OC. The molecule has 1 aromatic heterocycles. The minimum absolute atomic E-state index is 0.167. The summed E-state index contributed by atoms with van der Waals surface area (Å²) in [6.07, 6.45) is 3.41. The summed E-state index contributed by atoms with van der Waals surface area (Å²) in [6, 6.07) is 23.3. The van der Waals surface area contributed by atoms with E-state index in [2.05, 4.69) is 15.3 Å². The summed E-state index contributed by atoms with van der Waals surface area (Å²) in [6.45, 7) is 1.90. The standard InChI is InChI=1S/C27H27N3O3/c1-18(26-28-15-16-29-26)30-27(31)20-10-8-9-19(17-20)25(21-11-4-6-13-23(21)32-2)22-12-5-7-14-24(22)33-3/h4-18,25H,1-3H3,(H,28,29)(H,30,31). The maximum atomic E-state index is 13.0. The van der Waals surface area contributed by atoms with E-state index in [0.717, 1.165) is 28.2 Å². The molecule has 4 aromatic rings. The fourth-order valence-electron chi connectivity index (χ4n) is 4.06. The van der Waals surface area contributed by atoms with Gasteiger partial charge < -0.3 is 19.8 Å². The minimum atomic E-state index is -0.240. The fraction of sp³-hybridized carbons (Fsp3) is 0.185. The summed E-state index contributed by atoms with van der Waals surface area (Å²) in [5.41, 5.74) is 3.51. The number of imidazole rings is 1. The van der Waals surface area contributed by atoms with Crippen LogP contribution in [0.4, 0.5) is 0 Å². The Hall–Kier alpha value is -4.06. The van der Waals surface area contributed by atoms with Gasteiger partial charge >= 0.3 is 0 Å². The Morgan fingerprint density at radius 1 is 0.909 bits per heavy atom. The maximum Gasteiger partial charge on any atom is 0.251 e. The van der Waals surface area contributed by atoms with E-state index in [1.165, 1.54) is 0 Å². The minimum Gasteiger partial charge on any atom is -0.496 e. The molecule has 33 heavy (non-hydrogen) atoms. The molecule has 0 fully saturated rings. The molecule has 0 spiro atoms. The van der Waals surface area contributed by atoms with Crippen LogP contribution in [0.25, 0.3) is 0 Å². The lowest BCUT2D eigenvalue weighted by molar-refractivity contribution is 0.0938. The number of nitrogens with zero attached hydrogens (tertiary/aromatic N) is 1. The number of carbonyl (C=O) groups excluding carboxylic acids is 1. The van der Waals surface area contributed by atoms with Gasteiger partial charge in [-0.1, -0.05) is 48.5 Å². The first-order chi connectivity index (χ1) is 16.1. The molecule has 6 heteroatoms. The molecule has 0 radical (unpaired) electrons. The number of ether oxygens (including phenoxy) is 2. The van der Waals surface area contributed by atoms with Crippen molar-refractivity contribution in [2.24, 2.45) is 0 Å². The maximum absolute atomic E-state index is 13.0. The number of nitrogens with one attached hydrogen (secondary N) is 2. The van der Waals surface area contributed by atoms with Gasteiger partial charge in [-0.2, -0.15) is 0 Å². The van der Waals surface area contributed by atoms with Crippen molar-refractivity contribution in [2.75, 3.05) is 14.2 Å². The van der Waals surface area contributed by atoms with Crippen molar-refractivity contribution >= 4 is 5.91 Å². The highest BCUT2D eigenvalue weighted by atomic mass is 16.5. The Balaban J connectivity index is 1.76. The van der Waals surface area contributed by atoms with Crippen LogP contribution in [-0.4, -0.2) is 30.1 Å². The predicted octanol–water partition coefficient (Wildman–Crippen LogP) is 5.10. The van der Waals surface area contributed by atoms with Crippen molar-refractivity contribution in [3.63, 3.8) is 0 Å². The van der Waals surface area contributed by atoms with E-state index < -0.39 is 0 Å². The third kappa shape index (κ3) is 4.75. The van der Waals surface area contributed by atoms with Gasteiger partial charge in [0.1, 0.15) is 17.3 Å². The van der Waals surface area contributed by atoms with Gasteiger partial charge in [-0.25, -0.2) is 4.98 Å². The summed E-state index contributed by atoms with van der Waals surface area (Å²) < 4.78 is 11.4. The average Bonchev–Trinajstić information content (AvgIpc) is 3.40. The zero-order valence-electron chi connectivity index (χ0n) is 18.9. The Labute approximate surface area is 193 Å². The average molecular weight is 442 g/mol. The van der Waals surface area contributed by atoms with Crippen LogP contribution in [0.1, 0.15) is 51.8 Å². The predicted molar refractivity (Wildman–Crippen MR) is 128 cm³/mol. The van der Waals surface area contributed by atoms with Crippen LogP contribution in [0.5, 0.6) is 11.5 Å². The van der Waals surface area contributed by atoms with Crippen LogP contribution in [0, 0.1) is 0 Å². The van der Waals surface area contributed by atoms with E-state index in [-0.39, 0.29) is 17.9 Å². The Morgan fingerprint density at radius 2 is 1.55 bits per heavy atom. The fourth-order valence-corrected chi connectivity index (χ4v) is 4.06. The van der Waals surface area contributed by atoms with Crippen LogP contribution in [0.15, 0.2) is 85.2 Å². The summed E-state index contributed by atoms with van der Waals surface area (Å²) in [5.74, 6) is 1.90. The molecule has 1 atom stereocenters. The molecule has 2 N–H and O–H groups in total. The van der Waals surface area contributed by atoms with Crippen LogP contribution in [0.3, 0.4) is 0 Å². The van der Waals surface area contributed by atoms with Gasteiger partial charge in [0.2, 0.25) is 0 Å². The first kappa shape index (κ1) is 22.1. The molecular weight excluding hydrogens is 414 g/mol. The summed E-state index contributed by atoms with van der Waals surface area (Å²) in [4.78, 5) is 20.3. The number of amides is 1.